The van der Waals surface area contributed by atoms with Crippen LogP contribution in [-0.2, 0) is 6.61 Å². The van der Waals surface area contributed by atoms with E-state index in [9.17, 15) is 0 Å². The van der Waals surface area contributed by atoms with Crippen LogP contribution >= 0.6 is 23.2 Å². The summed E-state index contributed by atoms with van der Waals surface area (Å²) in [6.07, 6.45) is 4.63. The predicted octanol–water partition coefficient (Wildman–Crippen LogP) is 4.05. The Balaban J connectivity index is 1.85. The zero-order valence-corrected chi connectivity index (χ0v) is 14.8. The quantitative estimate of drug-likeness (QED) is 0.608. The van der Waals surface area contributed by atoms with Crippen molar-refractivity contribution < 1.29 is 9.47 Å². The van der Waals surface area contributed by atoms with Crippen molar-refractivity contribution in [2.75, 3.05) is 7.11 Å². The lowest BCUT2D eigenvalue weighted by molar-refractivity contribution is 0.284. The molecule has 25 heavy (non-hydrogen) atoms. The number of benzene rings is 2. The van der Waals surface area contributed by atoms with E-state index in [-0.39, 0.29) is 6.61 Å². The number of methoxy groups -OCH3 is 1. The summed E-state index contributed by atoms with van der Waals surface area (Å²) in [7, 11) is 1.58. The predicted molar refractivity (Wildman–Crippen MR) is 96.8 cm³/mol. The second kappa shape index (κ2) is 8.00. The molecule has 0 aliphatic carbocycles. The maximum atomic E-state index is 6.20. The maximum Gasteiger partial charge on any atom is 0.170 e. The monoisotopic (exact) mass is 376 g/mol. The normalized spacial score (nSPS) is 11.0. The molecule has 0 saturated carbocycles. The van der Waals surface area contributed by atoms with Crippen LogP contribution in [0.5, 0.6) is 11.5 Å². The van der Waals surface area contributed by atoms with Crippen LogP contribution in [0.2, 0.25) is 10.0 Å². The number of halogens is 2. The fraction of sp³-hybridized carbons (Fsp3) is 0.118. The fourth-order valence-corrected chi connectivity index (χ4v) is 2.59. The Labute approximate surface area is 154 Å². The summed E-state index contributed by atoms with van der Waals surface area (Å²) >= 11 is 12.1. The SMILES string of the molecule is COc1cccc(C=Nn2cnnc2)c1OCc1ccc(Cl)cc1Cl. The number of aromatic nitrogens is 3. The molecule has 0 bridgehead atoms. The summed E-state index contributed by atoms with van der Waals surface area (Å²) < 4.78 is 12.8. The van der Waals surface area contributed by atoms with E-state index in [0.717, 1.165) is 11.1 Å². The van der Waals surface area contributed by atoms with Crippen LogP contribution in [0.1, 0.15) is 11.1 Å². The van der Waals surface area contributed by atoms with Gasteiger partial charge in [0.05, 0.1) is 13.3 Å². The molecule has 1 aromatic heterocycles. The molecule has 0 aliphatic heterocycles. The molecule has 3 rings (SSSR count). The zero-order valence-electron chi connectivity index (χ0n) is 13.3. The number of ether oxygens (including phenoxy) is 2. The van der Waals surface area contributed by atoms with E-state index >= 15 is 0 Å². The molecule has 0 atom stereocenters. The number of rotatable bonds is 6. The molecule has 0 aliphatic rings. The number of nitrogens with zero attached hydrogens (tertiary/aromatic N) is 4. The topological polar surface area (TPSA) is 61.5 Å². The molecule has 0 spiro atoms. The highest BCUT2D eigenvalue weighted by Gasteiger charge is 2.11. The lowest BCUT2D eigenvalue weighted by atomic mass is 10.2. The van der Waals surface area contributed by atoms with Gasteiger partial charge in [0, 0.05) is 21.2 Å². The summed E-state index contributed by atoms with van der Waals surface area (Å²) in [6, 6.07) is 10.8. The fourth-order valence-electron chi connectivity index (χ4n) is 2.12. The van der Waals surface area contributed by atoms with Crippen molar-refractivity contribution in [3.8, 4) is 11.5 Å². The molecular weight excluding hydrogens is 363 g/mol. The highest BCUT2D eigenvalue weighted by atomic mass is 35.5. The van der Waals surface area contributed by atoms with Gasteiger partial charge < -0.3 is 9.47 Å². The molecular formula is C17H14Cl2N4O2. The minimum atomic E-state index is 0.268. The minimum absolute atomic E-state index is 0.268. The third-order valence-corrected chi connectivity index (χ3v) is 3.94. The van der Waals surface area contributed by atoms with Gasteiger partial charge in [0.1, 0.15) is 19.3 Å². The van der Waals surface area contributed by atoms with Crippen LogP contribution in [0.3, 0.4) is 0 Å². The molecule has 0 amide bonds. The Morgan fingerprint density at radius 1 is 1.16 bits per heavy atom. The maximum absolute atomic E-state index is 6.20. The highest BCUT2D eigenvalue weighted by Crippen LogP contribution is 2.32. The van der Waals surface area contributed by atoms with Crippen molar-refractivity contribution >= 4 is 29.4 Å². The molecule has 6 nitrogen and oxygen atoms in total. The molecule has 0 radical (unpaired) electrons. The molecule has 0 unspecified atom stereocenters. The van der Waals surface area contributed by atoms with E-state index in [4.69, 9.17) is 32.7 Å². The molecule has 0 N–H and O–H groups in total. The lowest BCUT2D eigenvalue weighted by Crippen LogP contribution is -2.02. The Kier molecular flexibility index (Phi) is 5.53. The van der Waals surface area contributed by atoms with Gasteiger partial charge in [-0.2, -0.15) is 5.10 Å². The smallest absolute Gasteiger partial charge is 0.170 e. The van der Waals surface area contributed by atoms with Crippen LogP contribution < -0.4 is 9.47 Å². The first-order chi connectivity index (χ1) is 12.2. The molecule has 3 aromatic rings. The average molecular weight is 377 g/mol. The third-order valence-electron chi connectivity index (χ3n) is 3.35. The highest BCUT2D eigenvalue weighted by molar-refractivity contribution is 6.35. The number of hydrogen-bond donors (Lipinski definition) is 0. The number of hydrogen-bond acceptors (Lipinski definition) is 5. The summed E-state index contributed by atoms with van der Waals surface area (Å²) in [5.74, 6) is 1.16. The summed E-state index contributed by atoms with van der Waals surface area (Å²) in [6.45, 7) is 0.268. The minimum Gasteiger partial charge on any atom is -0.493 e. The van der Waals surface area contributed by atoms with Crippen molar-refractivity contribution in [3.05, 3.63) is 70.2 Å². The Morgan fingerprint density at radius 2 is 1.96 bits per heavy atom. The van der Waals surface area contributed by atoms with E-state index < -0.39 is 0 Å². The average Bonchev–Trinajstić information content (AvgIpc) is 3.13. The first-order valence-electron chi connectivity index (χ1n) is 7.30. The van der Waals surface area contributed by atoms with Crippen molar-refractivity contribution in [1.29, 1.82) is 0 Å². The van der Waals surface area contributed by atoms with Gasteiger partial charge in [-0.25, -0.2) is 4.68 Å². The Hall–Kier alpha value is -2.57. The van der Waals surface area contributed by atoms with Crippen LogP contribution in [0.4, 0.5) is 0 Å². The van der Waals surface area contributed by atoms with Gasteiger partial charge in [0.2, 0.25) is 0 Å². The van der Waals surface area contributed by atoms with E-state index in [1.807, 2.05) is 24.3 Å². The molecule has 0 saturated heterocycles. The largest absolute Gasteiger partial charge is 0.493 e. The van der Waals surface area contributed by atoms with Gasteiger partial charge in [-0.05, 0) is 24.3 Å². The summed E-state index contributed by atoms with van der Waals surface area (Å²) in [5, 5.41) is 12.8. The third kappa shape index (κ3) is 4.29. The molecule has 1 heterocycles. The van der Waals surface area contributed by atoms with E-state index in [1.54, 1.807) is 25.5 Å². The van der Waals surface area contributed by atoms with E-state index in [1.165, 1.54) is 17.3 Å². The summed E-state index contributed by atoms with van der Waals surface area (Å²) in [5.41, 5.74) is 1.57. The van der Waals surface area contributed by atoms with Gasteiger partial charge in [0.15, 0.2) is 11.5 Å². The van der Waals surface area contributed by atoms with Crippen LogP contribution in [-0.4, -0.2) is 28.2 Å². The second-order valence-corrected chi connectivity index (χ2v) is 5.83. The van der Waals surface area contributed by atoms with Crippen molar-refractivity contribution in [2.45, 2.75) is 6.61 Å². The van der Waals surface area contributed by atoms with E-state index in [0.29, 0.717) is 21.5 Å². The second-order valence-electron chi connectivity index (χ2n) is 4.99. The van der Waals surface area contributed by atoms with Gasteiger partial charge in [-0.3, -0.25) is 0 Å². The van der Waals surface area contributed by atoms with Gasteiger partial charge >= 0.3 is 0 Å². The van der Waals surface area contributed by atoms with Crippen molar-refractivity contribution in [3.63, 3.8) is 0 Å². The Bertz CT molecular complexity index is 882. The summed E-state index contributed by atoms with van der Waals surface area (Å²) in [4.78, 5) is 0. The standard InChI is InChI=1S/C17H14Cl2N4O2/c1-24-16-4-2-3-12(8-22-23-10-20-21-11-23)17(16)25-9-13-5-6-14(18)7-15(13)19/h2-8,10-11H,9H2,1H3. The first-order valence-corrected chi connectivity index (χ1v) is 8.05. The van der Waals surface area contributed by atoms with Gasteiger partial charge in [0.25, 0.3) is 0 Å². The van der Waals surface area contributed by atoms with Crippen LogP contribution in [0.15, 0.2) is 54.2 Å². The van der Waals surface area contributed by atoms with Crippen LogP contribution in [0, 0.1) is 0 Å². The molecule has 0 fully saturated rings. The first kappa shape index (κ1) is 17.3. The Morgan fingerprint density at radius 3 is 2.68 bits per heavy atom. The van der Waals surface area contributed by atoms with E-state index in [2.05, 4.69) is 15.3 Å². The van der Waals surface area contributed by atoms with Crippen molar-refractivity contribution in [1.82, 2.24) is 14.9 Å². The van der Waals surface area contributed by atoms with Crippen LogP contribution in [0.25, 0.3) is 0 Å². The molecule has 8 heteroatoms. The lowest BCUT2D eigenvalue weighted by Gasteiger charge is -2.14. The van der Waals surface area contributed by atoms with Gasteiger partial charge in [-0.1, -0.05) is 35.3 Å². The van der Waals surface area contributed by atoms with Crippen molar-refractivity contribution in [2.24, 2.45) is 5.10 Å². The molecule has 2 aromatic carbocycles. The van der Waals surface area contributed by atoms with Gasteiger partial charge in [-0.15, -0.1) is 10.2 Å². The zero-order chi connectivity index (χ0) is 17.6. The number of para-hydroxylation sites is 1. The molecule has 128 valence electrons.